The van der Waals surface area contributed by atoms with Crippen molar-refractivity contribution < 1.29 is 41.8 Å². The monoisotopic (exact) mass is 522 g/mol. The molecule has 36 heavy (non-hydrogen) atoms. The van der Waals surface area contributed by atoms with Crippen LogP contribution in [0.1, 0.15) is 5.56 Å². The Morgan fingerprint density at radius 3 is 2.53 bits per heavy atom. The Balaban J connectivity index is 1.80. The molecule has 14 heteroatoms. The lowest BCUT2D eigenvalue weighted by atomic mass is 10.2. The van der Waals surface area contributed by atoms with Crippen molar-refractivity contribution in [3.8, 4) is 17.6 Å². The largest absolute Gasteiger partial charge is 0.454 e. The molecule has 1 aliphatic heterocycles. The molecule has 0 saturated carbocycles. The van der Waals surface area contributed by atoms with Crippen LogP contribution in [-0.2, 0) is 24.3 Å². The molecule has 12 nitrogen and oxygen atoms in total. The first-order valence-electron chi connectivity index (χ1n) is 10.5. The fourth-order valence-electron chi connectivity index (χ4n) is 3.40. The zero-order valence-electron chi connectivity index (χ0n) is 19.1. The van der Waals surface area contributed by atoms with Crippen molar-refractivity contribution >= 4 is 22.0 Å². The van der Waals surface area contributed by atoms with Crippen LogP contribution < -0.4 is 10.2 Å². The second-order valence-electron chi connectivity index (χ2n) is 7.49. The lowest BCUT2D eigenvalue weighted by molar-refractivity contribution is -0.134. The number of ether oxygens (including phenoxy) is 3. The van der Waals surface area contributed by atoms with Gasteiger partial charge in [-0.25, -0.2) is 23.1 Å². The summed E-state index contributed by atoms with van der Waals surface area (Å²) in [6.45, 7) is -0.717. The number of amides is 2. The number of hydroxylamine groups is 1. The molecule has 0 radical (unpaired) electrons. The van der Waals surface area contributed by atoms with Crippen molar-refractivity contribution in [2.24, 2.45) is 0 Å². The summed E-state index contributed by atoms with van der Waals surface area (Å²) in [5, 5.41) is 18.0. The van der Waals surface area contributed by atoms with Gasteiger partial charge in [-0.2, -0.15) is 9.57 Å². The lowest BCUT2D eigenvalue weighted by Gasteiger charge is -2.38. The Kier molecular flexibility index (Phi) is 8.78. The third kappa shape index (κ3) is 6.07. The quantitative estimate of drug-likeness (QED) is 0.297. The predicted molar refractivity (Wildman–Crippen MR) is 120 cm³/mol. The van der Waals surface area contributed by atoms with Gasteiger partial charge in [0.15, 0.2) is 11.6 Å². The highest BCUT2D eigenvalue weighted by molar-refractivity contribution is 7.89. The number of hydrogen-bond acceptors (Lipinski definition) is 9. The highest BCUT2D eigenvalue weighted by Crippen LogP contribution is 2.29. The maximum atomic E-state index is 14.8. The average molecular weight is 523 g/mol. The lowest BCUT2D eigenvalue weighted by Crippen LogP contribution is -2.61. The molecule has 192 valence electrons. The summed E-state index contributed by atoms with van der Waals surface area (Å²) in [6.07, 6.45) is -0.782. The van der Waals surface area contributed by atoms with E-state index in [1.54, 1.807) is 0 Å². The fourth-order valence-corrected chi connectivity index (χ4v) is 4.98. The number of piperazine rings is 1. The summed E-state index contributed by atoms with van der Waals surface area (Å²) in [7, 11) is -3.00. The number of sulfonamides is 1. The summed E-state index contributed by atoms with van der Waals surface area (Å²) < 4.78 is 57.3. The second kappa shape index (κ2) is 11.8. The van der Waals surface area contributed by atoms with Gasteiger partial charge in [-0.3, -0.25) is 10.0 Å². The second-order valence-corrected chi connectivity index (χ2v) is 9.38. The van der Waals surface area contributed by atoms with Crippen molar-refractivity contribution in [2.75, 3.05) is 40.0 Å². The highest BCUT2D eigenvalue weighted by atomic mass is 32.2. The van der Waals surface area contributed by atoms with Crippen molar-refractivity contribution in [2.45, 2.75) is 10.9 Å². The van der Waals surface area contributed by atoms with Crippen LogP contribution in [0.2, 0.25) is 0 Å². The van der Waals surface area contributed by atoms with Gasteiger partial charge in [0.05, 0.1) is 23.1 Å². The maximum Gasteiger partial charge on any atom is 0.409 e. The third-order valence-corrected chi connectivity index (χ3v) is 7.14. The van der Waals surface area contributed by atoms with Gasteiger partial charge in [0, 0.05) is 26.7 Å². The minimum Gasteiger partial charge on any atom is -0.454 e. The Labute approximate surface area is 206 Å². The van der Waals surface area contributed by atoms with Gasteiger partial charge in [0.2, 0.25) is 10.0 Å². The van der Waals surface area contributed by atoms with Crippen LogP contribution in [0.15, 0.2) is 47.4 Å². The summed E-state index contributed by atoms with van der Waals surface area (Å²) in [5.74, 6) is -2.08. The Bertz CT molecular complexity index is 1250. The molecule has 1 fully saturated rings. The Morgan fingerprint density at radius 2 is 1.92 bits per heavy atom. The highest BCUT2D eigenvalue weighted by Gasteiger charge is 2.42. The first-order chi connectivity index (χ1) is 17.2. The number of carbonyl (C=O) groups excluding carboxylic acids is 2. The summed E-state index contributed by atoms with van der Waals surface area (Å²) in [5.41, 5.74) is 1.78. The average Bonchev–Trinajstić information content (AvgIpc) is 2.89. The van der Waals surface area contributed by atoms with E-state index in [2.05, 4.69) is 0 Å². The van der Waals surface area contributed by atoms with Crippen molar-refractivity contribution in [1.29, 1.82) is 5.26 Å². The third-order valence-electron chi connectivity index (χ3n) is 5.24. The fraction of sp³-hybridized carbons (Fsp3) is 0.318. The molecule has 0 bridgehead atoms. The first-order valence-corrected chi connectivity index (χ1v) is 12.0. The molecule has 2 aromatic rings. The zero-order valence-corrected chi connectivity index (χ0v) is 19.9. The molecule has 2 amide bonds. The van der Waals surface area contributed by atoms with Crippen molar-refractivity contribution in [3.63, 3.8) is 0 Å². The SMILES string of the molecule is COCCOC(=O)N1CCN(S(=O)(=O)c2ccc(Oc3ccc(C#N)cc3)c(F)c2)[C@H](C(=O)NO)C1. The summed E-state index contributed by atoms with van der Waals surface area (Å²) >= 11 is 0. The van der Waals surface area contributed by atoms with Gasteiger partial charge in [0.25, 0.3) is 5.91 Å². The van der Waals surface area contributed by atoms with E-state index >= 15 is 0 Å². The number of nitrogens with one attached hydrogen (secondary N) is 1. The molecule has 2 N–H and O–H groups in total. The van der Waals surface area contributed by atoms with E-state index in [0.29, 0.717) is 5.56 Å². The predicted octanol–water partition coefficient (Wildman–Crippen LogP) is 1.45. The number of carbonyl (C=O) groups is 2. The van der Waals surface area contributed by atoms with Crippen LogP contribution in [0.3, 0.4) is 0 Å². The molecule has 1 atom stereocenters. The number of rotatable bonds is 8. The topological polar surface area (TPSA) is 158 Å². The van der Waals surface area contributed by atoms with Crippen LogP contribution in [0.4, 0.5) is 9.18 Å². The van der Waals surface area contributed by atoms with E-state index in [4.69, 9.17) is 24.7 Å². The normalized spacial score (nSPS) is 16.2. The van der Waals surface area contributed by atoms with Crippen LogP contribution in [-0.4, -0.2) is 80.8 Å². The van der Waals surface area contributed by atoms with E-state index in [-0.39, 0.29) is 37.8 Å². The molecule has 0 aromatic heterocycles. The van der Waals surface area contributed by atoms with Gasteiger partial charge in [-0.15, -0.1) is 0 Å². The van der Waals surface area contributed by atoms with Gasteiger partial charge in [0.1, 0.15) is 18.4 Å². The molecule has 1 aliphatic rings. The van der Waals surface area contributed by atoms with Gasteiger partial charge >= 0.3 is 6.09 Å². The van der Waals surface area contributed by atoms with E-state index in [1.807, 2.05) is 6.07 Å². The van der Waals surface area contributed by atoms with E-state index in [9.17, 15) is 22.4 Å². The molecule has 1 heterocycles. The number of benzene rings is 2. The molecule has 2 aromatic carbocycles. The van der Waals surface area contributed by atoms with Gasteiger partial charge in [-0.05, 0) is 42.5 Å². The number of nitrogens with zero attached hydrogens (tertiary/aromatic N) is 3. The van der Waals surface area contributed by atoms with Crippen LogP contribution >= 0.6 is 0 Å². The van der Waals surface area contributed by atoms with Crippen molar-refractivity contribution in [1.82, 2.24) is 14.7 Å². The number of methoxy groups -OCH3 is 1. The number of nitriles is 1. The van der Waals surface area contributed by atoms with Gasteiger partial charge in [-0.1, -0.05) is 0 Å². The standard InChI is InChI=1S/C22H23FN4O8S/c1-33-10-11-34-22(29)26-8-9-27(19(14-26)21(28)25-30)36(31,32)17-6-7-20(18(23)12-17)35-16-4-2-15(13-24)3-5-16/h2-7,12,19,30H,8-11,14H2,1H3,(H,25,28)/t19-/m0/s1. The Hall–Kier alpha value is -3.77. The molecule has 3 rings (SSSR count). The van der Waals surface area contributed by atoms with Crippen LogP contribution in [0.25, 0.3) is 0 Å². The first kappa shape index (κ1) is 26.8. The zero-order chi connectivity index (χ0) is 26.3. The van der Waals surface area contributed by atoms with Crippen molar-refractivity contribution in [3.05, 3.63) is 53.8 Å². The Morgan fingerprint density at radius 1 is 1.19 bits per heavy atom. The minimum atomic E-state index is -4.43. The molecular weight excluding hydrogens is 499 g/mol. The molecule has 0 unspecified atom stereocenters. The number of halogens is 1. The van der Waals surface area contributed by atoms with Crippen LogP contribution in [0, 0.1) is 17.1 Å². The van der Waals surface area contributed by atoms with E-state index in [0.717, 1.165) is 27.4 Å². The van der Waals surface area contributed by atoms with Crippen LogP contribution in [0.5, 0.6) is 11.5 Å². The minimum absolute atomic E-state index is 0.0408. The van der Waals surface area contributed by atoms with E-state index in [1.165, 1.54) is 36.9 Å². The molecule has 0 spiro atoms. The number of hydrogen-bond donors (Lipinski definition) is 2. The smallest absolute Gasteiger partial charge is 0.409 e. The van der Waals surface area contributed by atoms with E-state index < -0.39 is 45.3 Å². The molecule has 1 saturated heterocycles. The molecule has 0 aliphatic carbocycles. The summed E-state index contributed by atoms with van der Waals surface area (Å²) in [6, 6.07) is 9.28. The molecular formula is C22H23FN4O8S. The summed E-state index contributed by atoms with van der Waals surface area (Å²) in [4.78, 5) is 25.2. The maximum absolute atomic E-state index is 14.8. The van der Waals surface area contributed by atoms with Gasteiger partial charge < -0.3 is 19.1 Å².